The van der Waals surface area contributed by atoms with Gasteiger partial charge in [0.25, 0.3) is 0 Å². The fourth-order valence-corrected chi connectivity index (χ4v) is 3.57. The number of carboxylic acids is 1. The van der Waals surface area contributed by atoms with E-state index in [-0.39, 0.29) is 0 Å². The molecule has 0 atom stereocenters. The maximum absolute atomic E-state index is 11.0. The standard InChI is InChI=1S/C23H30N2O3/c26-23(27)21-9-4-8-20(16-21)17-24-12-5-15-28-22-10-13-25(14-11-22)18-19-6-2-1-3-7-19/h1-4,6-9,16,22,24H,5,10-15,17-18H2,(H,26,27). The van der Waals surface area contributed by atoms with Gasteiger partial charge in [0.05, 0.1) is 11.7 Å². The van der Waals surface area contributed by atoms with Crippen molar-refractivity contribution in [1.82, 2.24) is 10.2 Å². The van der Waals surface area contributed by atoms with Gasteiger partial charge in [-0.1, -0.05) is 42.5 Å². The lowest BCUT2D eigenvalue weighted by Gasteiger charge is -2.32. The van der Waals surface area contributed by atoms with Crippen molar-refractivity contribution in [3.63, 3.8) is 0 Å². The Kier molecular flexibility index (Phi) is 8.03. The van der Waals surface area contributed by atoms with E-state index < -0.39 is 5.97 Å². The summed E-state index contributed by atoms with van der Waals surface area (Å²) in [6, 6.07) is 17.7. The molecule has 1 fully saturated rings. The highest BCUT2D eigenvalue weighted by atomic mass is 16.5. The largest absolute Gasteiger partial charge is 0.478 e. The molecule has 1 heterocycles. The van der Waals surface area contributed by atoms with Crippen molar-refractivity contribution in [3.8, 4) is 0 Å². The second-order valence-electron chi connectivity index (χ2n) is 7.37. The van der Waals surface area contributed by atoms with Gasteiger partial charge in [-0.3, -0.25) is 4.90 Å². The SMILES string of the molecule is O=C(O)c1cccc(CNCCCOC2CCN(Cc3ccccc3)CC2)c1. The molecule has 0 unspecified atom stereocenters. The summed E-state index contributed by atoms with van der Waals surface area (Å²) < 4.78 is 6.04. The lowest BCUT2D eigenvalue weighted by atomic mass is 10.1. The molecule has 150 valence electrons. The van der Waals surface area contributed by atoms with Crippen molar-refractivity contribution in [2.75, 3.05) is 26.2 Å². The number of benzene rings is 2. The van der Waals surface area contributed by atoms with Crippen LogP contribution in [0.15, 0.2) is 54.6 Å². The number of hydrogen-bond donors (Lipinski definition) is 2. The van der Waals surface area contributed by atoms with Gasteiger partial charge in [-0.05, 0) is 49.1 Å². The van der Waals surface area contributed by atoms with Gasteiger partial charge in [0.2, 0.25) is 0 Å². The third-order valence-electron chi connectivity index (χ3n) is 5.14. The van der Waals surface area contributed by atoms with Gasteiger partial charge < -0.3 is 15.2 Å². The van der Waals surface area contributed by atoms with Gasteiger partial charge in [-0.15, -0.1) is 0 Å². The Labute approximate surface area is 167 Å². The van der Waals surface area contributed by atoms with Crippen LogP contribution in [0.4, 0.5) is 0 Å². The zero-order valence-electron chi connectivity index (χ0n) is 16.3. The molecular weight excluding hydrogens is 352 g/mol. The lowest BCUT2D eigenvalue weighted by molar-refractivity contribution is 0.00505. The first-order valence-electron chi connectivity index (χ1n) is 10.1. The van der Waals surface area contributed by atoms with Crippen LogP contribution in [0.5, 0.6) is 0 Å². The van der Waals surface area contributed by atoms with Crippen LogP contribution < -0.4 is 5.32 Å². The van der Waals surface area contributed by atoms with Gasteiger partial charge in [0.1, 0.15) is 0 Å². The average Bonchev–Trinajstić information content (AvgIpc) is 2.73. The summed E-state index contributed by atoms with van der Waals surface area (Å²) in [5, 5.41) is 12.4. The van der Waals surface area contributed by atoms with Gasteiger partial charge >= 0.3 is 5.97 Å². The molecule has 0 amide bonds. The normalized spacial score (nSPS) is 15.6. The Hall–Kier alpha value is -2.21. The van der Waals surface area contributed by atoms with E-state index >= 15 is 0 Å². The Morgan fingerprint density at radius 1 is 1.07 bits per heavy atom. The summed E-state index contributed by atoms with van der Waals surface area (Å²) in [6.07, 6.45) is 3.53. The molecule has 0 bridgehead atoms. The third-order valence-corrected chi connectivity index (χ3v) is 5.14. The van der Waals surface area contributed by atoms with Crippen LogP contribution in [0, 0.1) is 0 Å². The molecule has 0 spiro atoms. The van der Waals surface area contributed by atoms with Crippen LogP contribution in [0.2, 0.25) is 0 Å². The van der Waals surface area contributed by atoms with E-state index in [1.807, 2.05) is 6.07 Å². The Bertz CT molecular complexity index is 728. The first-order valence-corrected chi connectivity index (χ1v) is 10.1. The summed E-state index contributed by atoms with van der Waals surface area (Å²) in [4.78, 5) is 13.5. The maximum atomic E-state index is 11.0. The van der Waals surface area contributed by atoms with Gasteiger partial charge in [0, 0.05) is 32.8 Å². The van der Waals surface area contributed by atoms with Crippen LogP contribution in [0.1, 0.15) is 40.7 Å². The fraction of sp³-hybridized carbons (Fsp3) is 0.435. The number of carbonyl (C=O) groups is 1. The Balaban J connectivity index is 1.24. The summed E-state index contributed by atoms with van der Waals surface area (Å²) in [5.74, 6) is -0.884. The van der Waals surface area contributed by atoms with E-state index in [1.54, 1.807) is 18.2 Å². The van der Waals surface area contributed by atoms with E-state index in [4.69, 9.17) is 9.84 Å². The van der Waals surface area contributed by atoms with Crippen LogP contribution in [-0.4, -0.2) is 48.3 Å². The summed E-state index contributed by atoms with van der Waals surface area (Å²) in [7, 11) is 0. The molecule has 0 saturated carbocycles. The number of piperidine rings is 1. The van der Waals surface area contributed by atoms with Crippen molar-refractivity contribution in [1.29, 1.82) is 0 Å². The van der Waals surface area contributed by atoms with Gasteiger partial charge in [-0.2, -0.15) is 0 Å². The Morgan fingerprint density at radius 2 is 1.82 bits per heavy atom. The number of likely N-dealkylation sites (tertiary alicyclic amines) is 1. The molecule has 1 aliphatic rings. The quantitative estimate of drug-likeness (QED) is 0.616. The molecular formula is C23H30N2O3. The minimum absolute atomic E-state index is 0.334. The van der Waals surface area contributed by atoms with Crippen molar-refractivity contribution < 1.29 is 14.6 Å². The maximum Gasteiger partial charge on any atom is 0.335 e. The van der Waals surface area contributed by atoms with Gasteiger partial charge in [-0.25, -0.2) is 4.79 Å². The number of hydrogen-bond acceptors (Lipinski definition) is 4. The highest BCUT2D eigenvalue weighted by Gasteiger charge is 2.19. The molecule has 5 nitrogen and oxygen atoms in total. The van der Waals surface area contributed by atoms with Crippen LogP contribution in [0.25, 0.3) is 0 Å². The molecule has 28 heavy (non-hydrogen) atoms. The minimum Gasteiger partial charge on any atom is -0.478 e. The van der Waals surface area contributed by atoms with Crippen LogP contribution in [-0.2, 0) is 17.8 Å². The molecule has 3 rings (SSSR count). The molecule has 0 radical (unpaired) electrons. The van der Waals surface area contributed by atoms with Crippen molar-refractivity contribution in [2.24, 2.45) is 0 Å². The second kappa shape index (κ2) is 11.0. The van der Waals surface area contributed by atoms with E-state index in [0.29, 0.717) is 18.2 Å². The van der Waals surface area contributed by atoms with Crippen molar-refractivity contribution >= 4 is 5.97 Å². The van der Waals surface area contributed by atoms with E-state index in [0.717, 1.165) is 57.6 Å². The second-order valence-corrected chi connectivity index (χ2v) is 7.37. The van der Waals surface area contributed by atoms with E-state index in [2.05, 4.69) is 40.5 Å². The average molecular weight is 383 g/mol. The number of nitrogens with zero attached hydrogens (tertiary/aromatic N) is 1. The number of nitrogens with one attached hydrogen (secondary N) is 1. The van der Waals surface area contributed by atoms with Crippen molar-refractivity contribution in [3.05, 3.63) is 71.3 Å². The van der Waals surface area contributed by atoms with E-state index in [1.165, 1.54) is 5.56 Å². The first kappa shape index (κ1) is 20.5. The number of carboxylic acid groups (broad SMARTS) is 1. The lowest BCUT2D eigenvalue weighted by Crippen LogP contribution is -2.36. The predicted octanol–water partition coefficient (Wildman–Crippen LogP) is 3.55. The monoisotopic (exact) mass is 382 g/mol. The number of ether oxygens (including phenoxy) is 1. The van der Waals surface area contributed by atoms with E-state index in [9.17, 15) is 4.79 Å². The first-order chi connectivity index (χ1) is 13.7. The molecule has 1 aliphatic heterocycles. The Morgan fingerprint density at radius 3 is 2.57 bits per heavy atom. The van der Waals surface area contributed by atoms with Crippen LogP contribution in [0.3, 0.4) is 0 Å². The number of aromatic carboxylic acids is 1. The smallest absolute Gasteiger partial charge is 0.335 e. The van der Waals surface area contributed by atoms with Crippen LogP contribution >= 0.6 is 0 Å². The molecule has 0 aliphatic carbocycles. The minimum atomic E-state index is -0.884. The molecule has 1 saturated heterocycles. The summed E-state index contributed by atoms with van der Waals surface area (Å²) in [6.45, 7) is 5.53. The number of rotatable bonds is 10. The summed E-state index contributed by atoms with van der Waals surface area (Å²) in [5.41, 5.74) is 2.70. The van der Waals surface area contributed by atoms with Crippen molar-refractivity contribution in [2.45, 2.75) is 38.5 Å². The van der Waals surface area contributed by atoms with Gasteiger partial charge in [0.15, 0.2) is 0 Å². The molecule has 5 heteroatoms. The third kappa shape index (κ3) is 6.75. The predicted molar refractivity (Wildman–Crippen MR) is 110 cm³/mol. The zero-order chi connectivity index (χ0) is 19.6. The highest BCUT2D eigenvalue weighted by molar-refractivity contribution is 5.87. The molecule has 2 N–H and O–H groups in total. The molecule has 0 aromatic heterocycles. The molecule has 2 aromatic rings. The topological polar surface area (TPSA) is 61.8 Å². The fourth-order valence-electron chi connectivity index (χ4n) is 3.57. The highest BCUT2D eigenvalue weighted by Crippen LogP contribution is 2.16. The summed E-state index contributed by atoms with van der Waals surface area (Å²) >= 11 is 0. The molecule has 2 aromatic carbocycles. The zero-order valence-corrected chi connectivity index (χ0v) is 16.3.